The van der Waals surface area contributed by atoms with Crippen molar-refractivity contribution in [3.8, 4) is 6.07 Å². The third-order valence-corrected chi connectivity index (χ3v) is 3.95. The molecule has 1 aliphatic rings. The van der Waals surface area contributed by atoms with E-state index in [4.69, 9.17) is 5.26 Å². The van der Waals surface area contributed by atoms with Crippen LogP contribution in [0.4, 0.5) is 5.82 Å². The summed E-state index contributed by atoms with van der Waals surface area (Å²) in [5, 5.41) is 17.1. The third kappa shape index (κ3) is 2.16. The number of rotatable bonds is 4. The van der Waals surface area contributed by atoms with Gasteiger partial charge in [-0.15, -0.1) is 5.10 Å². The Morgan fingerprint density at radius 1 is 1.39 bits per heavy atom. The van der Waals surface area contributed by atoms with E-state index in [1.807, 2.05) is 11.9 Å². The number of hydrogen-bond donors (Lipinski definition) is 0. The van der Waals surface area contributed by atoms with E-state index in [0.29, 0.717) is 11.4 Å². The van der Waals surface area contributed by atoms with Gasteiger partial charge in [-0.2, -0.15) is 10.4 Å². The Morgan fingerprint density at radius 3 is 2.61 bits per heavy atom. The normalized spacial score (nSPS) is 17.1. The van der Waals surface area contributed by atoms with E-state index in [-0.39, 0.29) is 5.54 Å². The number of nitriles is 1. The van der Waals surface area contributed by atoms with Crippen LogP contribution in [0.1, 0.15) is 24.8 Å². The molecule has 0 aromatic carbocycles. The number of anilines is 1. The summed E-state index contributed by atoms with van der Waals surface area (Å²) in [5.41, 5.74) is 0.805. The summed E-state index contributed by atoms with van der Waals surface area (Å²) < 4.78 is 0. The first kappa shape index (κ1) is 12.8. The molecule has 5 nitrogen and oxygen atoms in total. The van der Waals surface area contributed by atoms with Gasteiger partial charge in [-0.25, -0.2) is 0 Å². The molecule has 1 aromatic rings. The third-order valence-electron chi connectivity index (χ3n) is 3.95. The summed E-state index contributed by atoms with van der Waals surface area (Å²) in [7, 11) is 6.22. The first-order chi connectivity index (χ1) is 8.59. The largest absolute Gasteiger partial charge is 0.355 e. The minimum Gasteiger partial charge on any atom is -0.355 e. The van der Waals surface area contributed by atoms with E-state index in [1.165, 1.54) is 19.3 Å². The summed E-state index contributed by atoms with van der Waals surface area (Å²) in [6.07, 6.45) is 5.23. The number of likely N-dealkylation sites (N-methyl/N-ethyl adjacent to an activating group) is 2. The standard InChI is InChI=1S/C13H19N5/c1-17(2)13(6-4-7-13)10-18(3)12-11(9-14)5-8-15-16-12/h5,8H,4,6-7,10H2,1-3H3. The van der Waals surface area contributed by atoms with Crippen molar-refractivity contribution in [1.29, 1.82) is 5.26 Å². The zero-order chi connectivity index (χ0) is 13.2. The molecule has 0 radical (unpaired) electrons. The highest BCUT2D eigenvalue weighted by Crippen LogP contribution is 2.37. The van der Waals surface area contributed by atoms with Crippen molar-refractivity contribution in [1.82, 2.24) is 15.1 Å². The molecule has 5 heteroatoms. The van der Waals surface area contributed by atoms with Gasteiger partial charge in [0.2, 0.25) is 0 Å². The minimum atomic E-state index is 0.221. The van der Waals surface area contributed by atoms with Gasteiger partial charge in [0.15, 0.2) is 5.82 Å². The molecule has 0 N–H and O–H groups in total. The zero-order valence-corrected chi connectivity index (χ0v) is 11.2. The van der Waals surface area contributed by atoms with E-state index in [0.717, 1.165) is 6.54 Å². The predicted molar refractivity (Wildman–Crippen MR) is 70.3 cm³/mol. The molecule has 0 spiro atoms. The molecular formula is C13H19N5. The van der Waals surface area contributed by atoms with E-state index < -0.39 is 0 Å². The van der Waals surface area contributed by atoms with Gasteiger partial charge in [0.05, 0.1) is 11.8 Å². The highest BCUT2D eigenvalue weighted by molar-refractivity contribution is 5.52. The van der Waals surface area contributed by atoms with Gasteiger partial charge in [-0.05, 0) is 39.4 Å². The smallest absolute Gasteiger partial charge is 0.169 e. The molecule has 0 aliphatic heterocycles. The Morgan fingerprint density at radius 2 is 2.11 bits per heavy atom. The lowest BCUT2D eigenvalue weighted by Crippen LogP contribution is -2.57. The monoisotopic (exact) mass is 245 g/mol. The molecular weight excluding hydrogens is 226 g/mol. The second-order valence-corrected chi connectivity index (χ2v) is 5.21. The van der Waals surface area contributed by atoms with Crippen molar-refractivity contribution in [3.63, 3.8) is 0 Å². The van der Waals surface area contributed by atoms with Crippen LogP contribution in [0.15, 0.2) is 12.3 Å². The van der Waals surface area contributed by atoms with Crippen molar-refractivity contribution in [2.24, 2.45) is 0 Å². The lowest BCUT2D eigenvalue weighted by atomic mass is 9.75. The molecule has 1 heterocycles. The Balaban J connectivity index is 2.17. The van der Waals surface area contributed by atoms with E-state index in [2.05, 4.69) is 35.3 Å². The first-order valence-electron chi connectivity index (χ1n) is 6.19. The van der Waals surface area contributed by atoms with Gasteiger partial charge >= 0.3 is 0 Å². The second kappa shape index (κ2) is 4.91. The van der Waals surface area contributed by atoms with E-state index in [9.17, 15) is 0 Å². The number of nitrogens with zero attached hydrogens (tertiary/aromatic N) is 5. The molecule has 1 saturated carbocycles. The maximum atomic E-state index is 9.09. The van der Waals surface area contributed by atoms with Crippen LogP contribution in [0.3, 0.4) is 0 Å². The fourth-order valence-electron chi connectivity index (χ4n) is 2.54. The van der Waals surface area contributed by atoms with Crippen LogP contribution in [0, 0.1) is 11.3 Å². The molecule has 0 unspecified atom stereocenters. The van der Waals surface area contributed by atoms with Crippen LogP contribution >= 0.6 is 0 Å². The first-order valence-corrected chi connectivity index (χ1v) is 6.19. The fraction of sp³-hybridized carbons (Fsp3) is 0.615. The average molecular weight is 245 g/mol. The molecule has 0 bridgehead atoms. The fourth-order valence-corrected chi connectivity index (χ4v) is 2.54. The van der Waals surface area contributed by atoms with Gasteiger partial charge in [0.1, 0.15) is 6.07 Å². The van der Waals surface area contributed by atoms with Crippen molar-refractivity contribution in [2.75, 3.05) is 32.6 Å². The minimum absolute atomic E-state index is 0.221. The van der Waals surface area contributed by atoms with E-state index in [1.54, 1.807) is 12.3 Å². The summed E-state index contributed by atoms with van der Waals surface area (Å²) in [6.45, 7) is 0.882. The van der Waals surface area contributed by atoms with Gasteiger partial charge in [0, 0.05) is 19.1 Å². The lowest BCUT2D eigenvalue weighted by molar-refractivity contribution is 0.0681. The van der Waals surface area contributed by atoms with Gasteiger partial charge in [-0.1, -0.05) is 0 Å². The van der Waals surface area contributed by atoms with Crippen LogP contribution in [0.5, 0.6) is 0 Å². The molecule has 0 amide bonds. The Kier molecular flexibility index (Phi) is 3.48. The van der Waals surface area contributed by atoms with Crippen LogP contribution in [0.2, 0.25) is 0 Å². The Hall–Kier alpha value is -1.67. The van der Waals surface area contributed by atoms with Crippen LogP contribution in [0.25, 0.3) is 0 Å². The molecule has 96 valence electrons. The van der Waals surface area contributed by atoms with Crippen LogP contribution < -0.4 is 4.90 Å². The Bertz CT molecular complexity index is 459. The topological polar surface area (TPSA) is 56.1 Å². The van der Waals surface area contributed by atoms with E-state index >= 15 is 0 Å². The maximum Gasteiger partial charge on any atom is 0.169 e. The van der Waals surface area contributed by atoms with Crippen LogP contribution in [-0.2, 0) is 0 Å². The molecule has 2 rings (SSSR count). The molecule has 1 aliphatic carbocycles. The van der Waals surface area contributed by atoms with Crippen molar-refractivity contribution < 1.29 is 0 Å². The second-order valence-electron chi connectivity index (χ2n) is 5.21. The van der Waals surface area contributed by atoms with Gasteiger partial charge in [0.25, 0.3) is 0 Å². The zero-order valence-electron chi connectivity index (χ0n) is 11.2. The molecule has 18 heavy (non-hydrogen) atoms. The summed E-state index contributed by atoms with van der Waals surface area (Å²) in [5.74, 6) is 0.674. The summed E-state index contributed by atoms with van der Waals surface area (Å²) in [4.78, 5) is 4.33. The van der Waals surface area contributed by atoms with Crippen molar-refractivity contribution in [3.05, 3.63) is 17.8 Å². The number of hydrogen-bond acceptors (Lipinski definition) is 5. The summed E-state index contributed by atoms with van der Waals surface area (Å²) in [6, 6.07) is 3.88. The highest BCUT2D eigenvalue weighted by Gasteiger charge is 2.40. The summed E-state index contributed by atoms with van der Waals surface area (Å²) >= 11 is 0. The average Bonchev–Trinajstić information content (AvgIpc) is 2.33. The molecule has 0 saturated heterocycles. The SMILES string of the molecule is CN(CC1(N(C)C)CCC1)c1nnccc1C#N. The quantitative estimate of drug-likeness (QED) is 0.799. The van der Waals surface area contributed by atoms with Crippen molar-refractivity contribution in [2.45, 2.75) is 24.8 Å². The molecule has 1 aromatic heterocycles. The number of aromatic nitrogens is 2. The lowest BCUT2D eigenvalue weighted by Gasteiger charge is -2.49. The Labute approximate surface area is 108 Å². The highest BCUT2D eigenvalue weighted by atomic mass is 15.3. The molecule has 1 fully saturated rings. The van der Waals surface area contributed by atoms with Crippen molar-refractivity contribution >= 4 is 5.82 Å². The maximum absolute atomic E-state index is 9.09. The van der Waals surface area contributed by atoms with Gasteiger partial charge in [-0.3, -0.25) is 0 Å². The molecule has 0 atom stereocenters. The predicted octanol–water partition coefficient (Wildman–Crippen LogP) is 1.27. The van der Waals surface area contributed by atoms with Gasteiger partial charge < -0.3 is 9.80 Å². The van der Waals surface area contributed by atoms with Crippen LogP contribution in [-0.4, -0.2) is 48.3 Å².